The molecule has 1 aromatic rings. The average Bonchev–Trinajstić information content (AvgIpc) is 3.18. The molecule has 1 amide bonds. The number of benzene rings is 1. The zero-order chi connectivity index (χ0) is 14.0. The van der Waals surface area contributed by atoms with Crippen molar-refractivity contribution in [1.29, 1.82) is 0 Å². The van der Waals surface area contributed by atoms with Crippen molar-refractivity contribution in [3.8, 4) is 0 Å². The first kappa shape index (κ1) is 14.1. The number of halogens is 1. The number of nitrogens with zero attached hydrogens (tertiary/aromatic N) is 1. The van der Waals surface area contributed by atoms with Gasteiger partial charge >= 0.3 is 0 Å². The highest BCUT2D eigenvalue weighted by molar-refractivity contribution is 8.13. The lowest BCUT2D eigenvalue weighted by molar-refractivity contribution is 0.0762. The molecule has 0 unspecified atom stereocenters. The van der Waals surface area contributed by atoms with Crippen LogP contribution in [0.15, 0.2) is 41.8 Å². The summed E-state index contributed by atoms with van der Waals surface area (Å²) in [6.45, 7) is 4.14. The second kappa shape index (κ2) is 5.35. The van der Waals surface area contributed by atoms with E-state index in [9.17, 15) is 13.2 Å². The van der Waals surface area contributed by atoms with E-state index in [2.05, 4.69) is 6.58 Å². The first-order chi connectivity index (χ1) is 8.93. The number of amides is 1. The molecule has 0 aromatic heterocycles. The van der Waals surface area contributed by atoms with Crippen LogP contribution in [0, 0.1) is 0 Å². The van der Waals surface area contributed by atoms with Gasteiger partial charge in [0.1, 0.15) is 0 Å². The summed E-state index contributed by atoms with van der Waals surface area (Å²) >= 11 is 0. The predicted molar refractivity (Wildman–Crippen MR) is 73.7 cm³/mol. The van der Waals surface area contributed by atoms with Crippen LogP contribution >= 0.6 is 10.7 Å². The SMILES string of the molecule is C=CCN(C(=O)c1ccc(S(=O)(=O)Cl)cc1)C1CC1. The van der Waals surface area contributed by atoms with Gasteiger partial charge in [-0.1, -0.05) is 6.08 Å². The highest BCUT2D eigenvalue weighted by Gasteiger charge is 2.32. The Labute approximate surface area is 117 Å². The molecule has 2 rings (SSSR count). The van der Waals surface area contributed by atoms with Crippen LogP contribution in [0.4, 0.5) is 0 Å². The minimum atomic E-state index is -3.75. The fourth-order valence-corrected chi connectivity index (χ4v) is 2.62. The molecule has 1 aliphatic carbocycles. The molecule has 0 atom stereocenters. The van der Waals surface area contributed by atoms with Crippen molar-refractivity contribution in [3.63, 3.8) is 0 Å². The summed E-state index contributed by atoms with van der Waals surface area (Å²) in [5.41, 5.74) is 0.456. The van der Waals surface area contributed by atoms with Gasteiger partial charge in [-0.3, -0.25) is 4.79 Å². The number of hydrogen-bond acceptors (Lipinski definition) is 3. The lowest BCUT2D eigenvalue weighted by atomic mass is 10.2. The fourth-order valence-electron chi connectivity index (χ4n) is 1.85. The molecule has 0 radical (unpaired) electrons. The molecule has 0 N–H and O–H groups in total. The molecule has 19 heavy (non-hydrogen) atoms. The van der Waals surface area contributed by atoms with Crippen LogP contribution in [0.1, 0.15) is 23.2 Å². The Morgan fingerprint density at radius 3 is 2.37 bits per heavy atom. The van der Waals surface area contributed by atoms with Gasteiger partial charge in [-0.15, -0.1) is 6.58 Å². The molecule has 1 aromatic carbocycles. The number of hydrogen-bond donors (Lipinski definition) is 0. The van der Waals surface area contributed by atoms with Crippen molar-refractivity contribution in [2.24, 2.45) is 0 Å². The van der Waals surface area contributed by atoms with Gasteiger partial charge in [0.2, 0.25) is 0 Å². The van der Waals surface area contributed by atoms with E-state index in [4.69, 9.17) is 10.7 Å². The smallest absolute Gasteiger partial charge is 0.261 e. The number of rotatable bonds is 5. The molecule has 1 saturated carbocycles. The second-order valence-electron chi connectivity index (χ2n) is 4.44. The zero-order valence-corrected chi connectivity index (χ0v) is 11.8. The Kier molecular flexibility index (Phi) is 3.96. The maximum atomic E-state index is 12.3. The van der Waals surface area contributed by atoms with Gasteiger partial charge in [0.05, 0.1) is 4.90 Å². The number of carbonyl (C=O) groups is 1. The van der Waals surface area contributed by atoms with Crippen molar-refractivity contribution in [1.82, 2.24) is 4.90 Å². The molecule has 0 saturated heterocycles. The third-order valence-corrected chi connectivity index (χ3v) is 4.33. The molecular weight excluding hydrogens is 286 g/mol. The molecule has 1 fully saturated rings. The molecule has 4 nitrogen and oxygen atoms in total. The van der Waals surface area contributed by atoms with Crippen molar-refractivity contribution in [3.05, 3.63) is 42.5 Å². The van der Waals surface area contributed by atoms with E-state index in [1.54, 1.807) is 11.0 Å². The molecule has 6 heteroatoms. The summed E-state index contributed by atoms with van der Waals surface area (Å²) in [5, 5.41) is 0. The van der Waals surface area contributed by atoms with E-state index < -0.39 is 9.05 Å². The predicted octanol–water partition coefficient (Wildman–Crippen LogP) is 2.40. The second-order valence-corrected chi connectivity index (χ2v) is 7.01. The maximum Gasteiger partial charge on any atom is 0.261 e. The van der Waals surface area contributed by atoms with Gasteiger partial charge in [0, 0.05) is 28.8 Å². The van der Waals surface area contributed by atoms with Crippen molar-refractivity contribution in [2.45, 2.75) is 23.8 Å². The molecule has 0 spiro atoms. The Hall–Kier alpha value is -1.33. The van der Waals surface area contributed by atoms with Crippen molar-refractivity contribution < 1.29 is 13.2 Å². The maximum absolute atomic E-state index is 12.3. The van der Waals surface area contributed by atoms with E-state index in [0.717, 1.165) is 12.8 Å². The molecule has 102 valence electrons. The van der Waals surface area contributed by atoms with Crippen LogP contribution in [-0.2, 0) is 9.05 Å². The third-order valence-electron chi connectivity index (χ3n) is 2.96. The highest BCUT2D eigenvalue weighted by Crippen LogP contribution is 2.28. The lowest BCUT2D eigenvalue weighted by Crippen LogP contribution is -2.33. The van der Waals surface area contributed by atoms with Gasteiger partial charge in [-0.2, -0.15) is 0 Å². The monoisotopic (exact) mass is 299 g/mol. The normalized spacial score (nSPS) is 15.0. The summed E-state index contributed by atoms with van der Waals surface area (Å²) in [4.78, 5) is 14.0. The van der Waals surface area contributed by atoms with Crippen LogP contribution in [-0.4, -0.2) is 31.8 Å². The molecule has 1 aliphatic rings. The first-order valence-electron chi connectivity index (χ1n) is 5.90. The van der Waals surface area contributed by atoms with Gasteiger partial charge in [0.15, 0.2) is 0 Å². The van der Waals surface area contributed by atoms with Gasteiger partial charge in [-0.05, 0) is 37.1 Å². The topological polar surface area (TPSA) is 54.5 Å². The Morgan fingerprint density at radius 2 is 1.95 bits per heavy atom. The minimum Gasteiger partial charge on any atom is -0.332 e. The third kappa shape index (κ3) is 3.36. The Morgan fingerprint density at radius 1 is 1.37 bits per heavy atom. The van der Waals surface area contributed by atoms with E-state index in [0.29, 0.717) is 12.1 Å². The minimum absolute atomic E-state index is 0.00703. The Bertz CT molecular complexity index is 591. The molecule has 0 bridgehead atoms. The standard InChI is InChI=1S/C13H14ClNO3S/c1-2-9-15(11-5-6-11)13(16)10-3-7-12(8-4-10)19(14,17)18/h2-4,7-8,11H,1,5-6,9H2. The zero-order valence-electron chi connectivity index (χ0n) is 10.3. The Balaban J connectivity index is 2.21. The summed E-state index contributed by atoms with van der Waals surface area (Å²) in [6.07, 6.45) is 3.70. The van der Waals surface area contributed by atoms with Gasteiger partial charge in [0.25, 0.3) is 15.0 Å². The largest absolute Gasteiger partial charge is 0.332 e. The summed E-state index contributed by atoms with van der Waals surface area (Å²) in [7, 11) is 1.48. The van der Waals surface area contributed by atoms with Crippen LogP contribution in [0.5, 0.6) is 0 Å². The molecular formula is C13H14ClNO3S. The summed E-state index contributed by atoms with van der Waals surface area (Å²) in [5.74, 6) is -0.110. The first-order valence-corrected chi connectivity index (χ1v) is 8.21. The average molecular weight is 300 g/mol. The van der Waals surface area contributed by atoms with Crippen LogP contribution in [0.2, 0.25) is 0 Å². The lowest BCUT2D eigenvalue weighted by Gasteiger charge is -2.20. The van der Waals surface area contributed by atoms with Crippen molar-refractivity contribution in [2.75, 3.05) is 6.54 Å². The van der Waals surface area contributed by atoms with Crippen LogP contribution < -0.4 is 0 Å². The van der Waals surface area contributed by atoms with E-state index in [1.807, 2.05) is 0 Å². The fraction of sp³-hybridized carbons (Fsp3) is 0.308. The van der Waals surface area contributed by atoms with E-state index in [-0.39, 0.29) is 16.8 Å². The van der Waals surface area contributed by atoms with Gasteiger partial charge in [-0.25, -0.2) is 8.42 Å². The molecule has 0 heterocycles. The highest BCUT2D eigenvalue weighted by atomic mass is 35.7. The van der Waals surface area contributed by atoms with Crippen molar-refractivity contribution >= 4 is 25.6 Å². The number of carbonyl (C=O) groups excluding carboxylic acids is 1. The van der Waals surface area contributed by atoms with Gasteiger partial charge < -0.3 is 4.90 Å². The van der Waals surface area contributed by atoms with Crippen LogP contribution in [0.3, 0.4) is 0 Å². The van der Waals surface area contributed by atoms with E-state index >= 15 is 0 Å². The summed E-state index contributed by atoms with van der Waals surface area (Å²) < 4.78 is 22.3. The quantitative estimate of drug-likeness (QED) is 0.620. The van der Waals surface area contributed by atoms with E-state index in [1.165, 1.54) is 24.3 Å². The summed E-state index contributed by atoms with van der Waals surface area (Å²) in [6, 6.07) is 5.93. The molecule has 0 aliphatic heterocycles. The van der Waals surface area contributed by atoms with Crippen LogP contribution in [0.25, 0.3) is 0 Å².